The van der Waals surface area contributed by atoms with E-state index in [1.54, 1.807) is 18.2 Å². The topological polar surface area (TPSA) is 124 Å². The number of hydrazone groups is 1. The third kappa shape index (κ3) is 5.65. The van der Waals surface area contributed by atoms with Gasteiger partial charge in [-0.05, 0) is 24.3 Å². The average molecular weight is 519 g/mol. The molecule has 1 aromatic heterocycles. The summed E-state index contributed by atoms with van der Waals surface area (Å²) in [5, 5.41) is 16.2. The molecule has 13 heteroatoms. The number of piperidine rings is 1. The number of pyridine rings is 1. The molecule has 4 rings (SSSR count). The van der Waals surface area contributed by atoms with Crippen LogP contribution in [0.1, 0.15) is 12.1 Å². The van der Waals surface area contributed by atoms with Gasteiger partial charge in [0.2, 0.25) is 5.91 Å². The summed E-state index contributed by atoms with van der Waals surface area (Å²) in [4.78, 5) is 43.7. The molecular formula is C24H24F3N5O5. The minimum Gasteiger partial charge on any atom is -0.488 e. The Morgan fingerprint density at radius 2 is 1.95 bits per heavy atom. The highest BCUT2D eigenvalue weighted by molar-refractivity contribution is 6.13. The quantitative estimate of drug-likeness (QED) is 0.523. The van der Waals surface area contributed by atoms with Gasteiger partial charge in [0.25, 0.3) is 12.3 Å². The molecule has 2 aromatic rings. The van der Waals surface area contributed by atoms with Gasteiger partial charge in [-0.3, -0.25) is 14.6 Å². The molecular weight excluding hydrogens is 495 g/mol. The highest BCUT2D eigenvalue weighted by atomic mass is 19.3. The van der Waals surface area contributed by atoms with Crippen molar-refractivity contribution in [2.45, 2.75) is 25.3 Å². The molecule has 0 aliphatic carbocycles. The maximum absolute atomic E-state index is 14.0. The van der Waals surface area contributed by atoms with E-state index in [0.29, 0.717) is 11.4 Å². The zero-order valence-corrected chi connectivity index (χ0v) is 19.5. The number of benzene rings is 1. The standard InChI is InChI=1S/C24H24F3N5O5/c25-16-6-1-2-7-18(16)37-13-17(29-23(35)36)21(33)31-10-8-19-24(14-31,11-15-5-3-4-9-28-15)22(34)32(30-19)12-20(26)27/h1-7,9,17,20,29H,8,10-14H2,(H,35,36)/t17-,24-/m1/s1. The molecule has 2 aliphatic heterocycles. The first-order valence-corrected chi connectivity index (χ1v) is 11.4. The molecule has 1 aromatic carbocycles. The van der Waals surface area contributed by atoms with Crippen LogP contribution in [0.2, 0.25) is 0 Å². The van der Waals surface area contributed by atoms with Crippen molar-refractivity contribution in [3.63, 3.8) is 0 Å². The zero-order chi connectivity index (χ0) is 26.6. The summed E-state index contributed by atoms with van der Waals surface area (Å²) in [6, 6.07) is 9.10. The Morgan fingerprint density at radius 3 is 2.62 bits per heavy atom. The van der Waals surface area contributed by atoms with Crippen LogP contribution in [-0.4, -0.2) is 82.3 Å². The lowest BCUT2D eigenvalue weighted by Crippen LogP contribution is -2.60. The molecule has 37 heavy (non-hydrogen) atoms. The summed E-state index contributed by atoms with van der Waals surface area (Å²) >= 11 is 0. The minimum atomic E-state index is -2.81. The number of carbonyl (C=O) groups excluding carboxylic acids is 2. The van der Waals surface area contributed by atoms with E-state index in [0.717, 1.165) is 11.1 Å². The molecule has 2 aliphatic rings. The van der Waals surface area contributed by atoms with Crippen molar-refractivity contribution in [1.29, 1.82) is 0 Å². The van der Waals surface area contributed by atoms with Gasteiger partial charge in [-0.15, -0.1) is 0 Å². The van der Waals surface area contributed by atoms with Crippen LogP contribution in [-0.2, 0) is 16.0 Å². The maximum atomic E-state index is 14.0. The summed E-state index contributed by atoms with van der Waals surface area (Å²) < 4.78 is 45.6. The van der Waals surface area contributed by atoms with Crippen LogP contribution in [0.15, 0.2) is 53.8 Å². The molecule has 2 N–H and O–H groups in total. The van der Waals surface area contributed by atoms with Crippen molar-refractivity contribution in [1.82, 2.24) is 20.2 Å². The number of ether oxygens (including phenoxy) is 1. The first-order valence-electron chi connectivity index (χ1n) is 11.4. The van der Waals surface area contributed by atoms with E-state index < -0.39 is 54.8 Å². The fourth-order valence-electron chi connectivity index (χ4n) is 4.52. The lowest BCUT2D eigenvalue weighted by atomic mass is 9.74. The molecule has 0 radical (unpaired) electrons. The van der Waals surface area contributed by atoms with Crippen LogP contribution in [0.5, 0.6) is 5.75 Å². The second-order valence-electron chi connectivity index (χ2n) is 8.66. The highest BCUT2D eigenvalue weighted by Gasteiger charge is 2.55. The first-order chi connectivity index (χ1) is 17.7. The Labute approximate surface area is 209 Å². The van der Waals surface area contributed by atoms with Crippen molar-refractivity contribution in [2.24, 2.45) is 10.5 Å². The number of fused-ring (bicyclic) bond motifs is 1. The van der Waals surface area contributed by atoms with Crippen molar-refractivity contribution in [3.8, 4) is 5.75 Å². The molecule has 10 nitrogen and oxygen atoms in total. The van der Waals surface area contributed by atoms with Gasteiger partial charge in [-0.25, -0.2) is 23.0 Å². The lowest BCUT2D eigenvalue weighted by Gasteiger charge is -2.40. The number of aromatic nitrogens is 1. The number of carbonyl (C=O) groups is 3. The number of nitrogens with zero attached hydrogens (tertiary/aromatic N) is 4. The van der Waals surface area contributed by atoms with Crippen LogP contribution < -0.4 is 10.1 Å². The Kier molecular flexibility index (Phi) is 7.60. The Bertz CT molecular complexity index is 1200. The second kappa shape index (κ2) is 10.8. The molecule has 0 spiro atoms. The number of hydrogen-bond donors (Lipinski definition) is 2. The van der Waals surface area contributed by atoms with Gasteiger partial charge < -0.3 is 20.1 Å². The molecule has 1 saturated heterocycles. The largest absolute Gasteiger partial charge is 0.488 e. The number of halogens is 3. The monoisotopic (exact) mass is 519 g/mol. The summed E-state index contributed by atoms with van der Waals surface area (Å²) in [5.74, 6) is -2.25. The number of alkyl halides is 2. The third-order valence-electron chi connectivity index (χ3n) is 6.19. The predicted octanol–water partition coefficient (Wildman–Crippen LogP) is 2.16. The normalized spacial score (nSPS) is 19.9. The van der Waals surface area contributed by atoms with Gasteiger partial charge >= 0.3 is 6.09 Å². The maximum Gasteiger partial charge on any atom is 0.405 e. The molecule has 0 unspecified atom stereocenters. The van der Waals surface area contributed by atoms with Gasteiger partial charge in [0.1, 0.15) is 24.6 Å². The number of nitrogens with one attached hydrogen (secondary N) is 1. The van der Waals surface area contributed by atoms with Crippen LogP contribution in [0.3, 0.4) is 0 Å². The number of para-hydroxylation sites is 1. The molecule has 196 valence electrons. The number of carboxylic acid groups (broad SMARTS) is 1. The van der Waals surface area contributed by atoms with Crippen LogP contribution in [0, 0.1) is 11.2 Å². The van der Waals surface area contributed by atoms with E-state index >= 15 is 0 Å². The second-order valence-corrected chi connectivity index (χ2v) is 8.66. The van der Waals surface area contributed by atoms with E-state index in [1.165, 1.54) is 29.3 Å². The van der Waals surface area contributed by atoms with Gasteiger partial charge in [-0.1, -0.05) is 18.2 Å². The lowest BCUT2D eigenvalue weighted by molar-refractivity contribution is -0.142. The van der Waals surface area contributed by atoms with Gasteiger partial charge in [0, 0.05) is 37.8 Å². The molecule has 0 saturated carbocycles. The molecule has 3 heterocycles. The zero-order valence-electron chi connectivity index (χ0n) is 19.5. The smallest absolute Gasteiger partial charge is 0.405 e. The van der Waals surface area contributed by atoms with Gasteiger partial charge in [0.05, 0.1) is 5.71 Å². The Morgan fingerprint density at radius 1 is 1.19 bits per heavy atom. The summed E-state index contributed by atoms with van der Waals surface area (Å²) in [5.41, 5.74) is -0.574. The fourth-order valence-corrected chi connectivity index (χ4v) is 4.52. The van der Waals surface area contributed by atoms with Gasteiger partial charge in [0.15, 0.2) is 11.6 Å². The van der Waals surface area contributed by atoms with E-state index in [2.05, 4.69) is 15.4 Å². The Balaban J connectivity index is 1.58. The minimum absolute atomic E-state index is 0.0117. The fraction of sp³-hybridized carbons (Fsp3) is 0.375. The van der Waals surface area contributed by atoms with E-state index in [1.807, 2.05) is 0 Å². The Hall–Kier alpha value is -4.16. The first kappa shape index (κ1) is 25.9. The van der Waals surface area contributed by atoms with Crippen molar-refractivity contribution >= 4 is 23.6 Å². The van der Waals surface area contributed by atoms with E-state index in [9.17, 15) is 32.7 Å². The van der Waals surface area contributed by atoms with Gasteiger partial charge in [-0.2, -0.15) is 5.10 Å². The van der Waals surface area contributed by atoms with Crippen LogP contribution in [0.25, 0.3) is 0 Å². The van der Waals surface area contributed by atoms with E-state index in [4.69, 9.17) is 4.74 Å². The van der Waals surface area contributed by atoms with Crippen LogP contribution in [0.4, 0.5) is 18.0 Å². The van der Waals surface area contributed by atoms with Crippen molar-refractivity contribution in [3.05, 3.63) is 60.2 Å². The number of amides is 3. The van der Waals surface area contributed by atoms with Crippen molar-refractivity contribution < 1.29 is 37.4 Å². The summed E-state index contributed by atoms with van der Waals surface area (Å²) in [6.07, 6.45) is -2.66. The highest BCUT2D eigenvalue weighted by Crippen LogP contribution is 2.38. The summed E-state index contributed by atoms with van der Waals surface area (Å²) in [7, 11) is 0. The van der Waals surface area contributed by atoms with E-state index in [-0.39, 0.29) is 31.7 Å². The third-order valence-corrected chi connectivity index (χ3v) is 6.19. The van der Waals surface area contributed by atoms with Crippen LogP contribution >= 0.6 is 0 Å². The number of likely N-dealkylation sites (tertiary alicyclic amines) is 1. The summed E-state index contributed by atoms with van der Waals surface area (Å²) in [6.45, 7) is -1.56. The number of rotatable bonds is 9. The number of hydrogen-bond acceptors (Lipinski definition) is 6. The molecule has 1 fully saturated rings. The molecule has 2 atom stereocenters. The predicted molar refractivity (Wildman–Crippen MR) is 124 cm³/mol. The van der Waals surface area contributed by atoms with Crippen molar-refractivity contribution in [2.75, 3.05) is 26.2 Å². The molecule has 3 amide bonds. The molecule has 0 bridgehead atoms. The average Bonchev–Trinajstić information content (AvgIpc) is 3.12. The SMILES string of the molecule is O=C(O)N[C@H](COc1ccccc1F)C(=O)N1CCC2=NN(CC(F)F)C(=O)[C@]2(Cc2ccccn2)C1.